The van der Waals surface area contributed by atoms with Gasteiger partial charge < -0.3 is 14.5 Å². The SMILES string of the molecule is CC(C)(C)c1ccnc(-n2c3ccccc3c3ccc(Oc4cccc(N5CN(C67CC(C6)C7)c6ncccc65)c4)cc32)c1. The number of rotatable bonds is 5. The van der Waals surface area contributed by atoms with E-state index in [4.69, 9.17) is 14.7 Å². The van der Waals surface area contributed by atoms with Gasteiger partial charge in [-0.1, -0.05) is 45.0 Å². The van der Waals surface area contributed by atoms with Crippen LogP contribution in [0.4, 0.5) is 17.2 Å². The summed E-state index contributed by atoms with van der Waals surface area (Å²) in [6, 6.07) is 31.9. The first-order valence-electron chi connectivity index (χ1n) is 15.6. The van der Waals surface area contributed by atoms with Crippen LogP contribution in [0.1, 0.15) is 45.6 Å². The van der Waals surface area contributed by atoms with Crippen molar-refractivity contribution in [2.24, 2.45) is 5.92 Å². The maximum Gasteiger partial charge on any atom is 0.154 e. The van der Waals surface area contributed by atoms with Crippen LogP contribution in [0.25, 0.3) is 27.6 Å². The average molecular weight is 578 g/mol. The van der Waals surface area contributed by atoms with E-state index in [0.29, 0.717) is 5.54 Å². The van der Waals surface area contributed by atoms with Gasteiger partial charge in [-0.15, -0.1) is 0 Å². The largest absolute Gasteiger partial charge is 0.457 e. The van der Waals surface area contributed by atoms with Gasteiger partial charge in [-0.05, 0) is 90.8 Å². The molecule has 3 aromatic heterocycles. The first kappa shape index (κ1) is 25.6. The van der Waals surface area contributed by atoms with Crippen LogP contribution in [-0.4, -0.2) is 26.7 Å². The zero-order chi connectivity index (χ0) is 29.6. The first-order chi connectivity index (χ1) is 21.4. The highest BCUT2D eigenvalue weighted by Gasteiger charge is 2.61. The minimum absolute atomic E-state index is 0.0243. The van der Waals surface area contributed by atoms with E-state index >= 15 is 0 Å². The quantitative estimate of drug-likeness (QED) is 0.204. The lowest BCUT2D eigenvalue weighted by Crippen LogP contribution is -2.68. The lowest BCUT2D eigenvalue weighted by atomic mass is 9.49. The summed E-state index contributed by atoms with van der Waals surface area (Å²) < 4.78 is 8.84. The van der Waals surface area contributed by atoms with Gasteiger partial charge >= 0.3 is 0 Å². The van der Waals surface area contributed by atoms with Crippen LogP contribution in [0.5, 0.6) is 11.5 Å². The van der Waals surface area contributed by atoms with Crippen molar-refractivity contribution in [1.29, 1.82) is 0 Å². The number of para-hydroxylation sites is 1. The number of hydrogen-bond donors (Lipinski definition) is 0. The van der Waals surface area contributed by atoms with Gasteiger partial charge in [0, 0.05) is 46.5 Å². The van der Waals surface area contributed by atoms with Crippen molar-refractivity contribution < 1.29 is 4.74 Å². The molecule has 218 valence electrons. The third kappa shape index (κ3) is 3.79. The Labute approximate surface area is 257 Å². The van der Waals surface area contributed by atoms with E-state index in [9.17, 15) is 0 Å². The van der Waals surface area contributed by atoms with Crippen LogP contribution in [0.15, 0.2) is 103 Å². The van der Waals surface area contributed by atoms with Crippen molar-refractivity contribution in [3.8, 4) is 17.3 Å². The van der Waals surface area contributed by atoms with E-state index in [1.54, 1.807) is 0 Å². The van der Waals surface area contributed by atoms with Crippen LogP contribution in [0.2, 0.25) is 0 Å². The molecule has 10 rings (SSSR count). The molecule has 6 nitrogen and oxygen atoms in total. The van der Waals surface area contributed by atoms with Gasteiger partial charge in [0.25, 0.3) is 0 Å². The Hall–Kier alpha value is -4.84. The van der Waals surface area contributed by atoms with Crippen molar-refractivity contribution in [2.45, 2.75) is 51.0 Å². The first-order valence-corrected chi connectivity index (χ1v) is 15.6. The smallest absolute Gasteiger partial charge is 0.154 e. The van der Waals surface area contributed by atoms with Gasteiger partial charge in [0.15, 0.2) is 5.82 Å². The van der Waals surface area contributed by atoms with Gasteiger partial charge in [-0.3, -0.25) is 4.57 Å². The molecular formula is C38H35N5O. The summed E-state index contributed by atoms with van der Waals surface area (Å²) in [5.74, 6) is 4.55. The van der Waals surface area contributed by atoms with Gasteiger partial charge in [0.2, 0.25) is 0 Å². The van der Waals surface area contributed by atoms with Gasteiger partial charge in [0.1, 0.15) is 17.3 Å². The molecule has 4 heterocycles. The van der Waals surface area contributed by atoms with Crippen molar-refractivity contribution in [1.82, 2.24) is 14.5 Å². The molecule has 3 aromatic carbocycles. The predicted octanol–water partition coefficient (Wildman–Crippen LogP) is 9.13. The highest BCUT2D eigenvalue weighted by molar-refractivity contribution is 6.09. The lowest BCUT2D eigenvalue weighted by molar-refractivity contribution is -0.0237. The number of fused-ring (bicyclic) bond motifs is 4. The van der Waals surface area contributed by atoms with Crippen molar-refractivity contribution in [3.63, 3.8) is 0 Å². The molecule has 6 aromatic rings. The minimum atomic E-state index is 0.0243. The Balaban J connectivity index is 1.08. The maximum absolute atomic E-state index is 6.58. The van der Waals surface area contributed by atoms with Crippen LogP contribution >= 0.6 is 0 Å². The van der Waals surface area contributed by atoms with Crippen molar-refractivity contribution in [2.75, 3.05) is 16.5 Å². The Morgan fingerprint density at radius 1 is 0.750 bits per heavy atom. The number of aromatic nitrogens is 3. The molecule has 0 unspecified atom stereocenters. The number of nitrogens with zero attached hydrogens (tertiary/aromatic N) is 5. The highest BCUT2D eigenvalue weighted by atomic mass is 16.5. The van der Waals surface area contributed by atoms with Crippen molar-refractivity contribution >= 4 is 39.0 Å². The molecule has 44 heavy (non-hydrogen) atoms. The molecule has 0 saturated heterocycles. The minimum Gasteiger partial charge on any atom is -0.457 e. The van der Waals surface area contributed by atoms with Crippen LogP contribution in [-0.2, 0) is 5.41 Å². The number of anilines is 3. The summed E-state index contributed by atoms with van der Waals surface area (Å²) in [4.78, 5) is 14.6. The highest BCUT2D eigenvalue weighted by Crippen LogP contribution is 2.63. The van der Waals surface area contributed by atoms with Crippen LogP contribution in [0, 0.1) is 5.92 Å². The number of hydrogen-bond acceptors (Lipinski definition) is 5. The number of ether oxygens (including phenoxy) is 1. The normalized spacial score (nSPS) is 20.5. The summed E-state index contributed by atoms with van der Waals surface area (Å²) in [5.41, 5.74) is 6.09. The van der Waals surface area contributed by atoms with Crippen LogP contribution < -0.4 is 14.5 Å². The zero-order valence-electron chi connectivity index (χ0n) is 25.4. The molecule has 3 saturated carbocycles. The second-order valence-corrected chi connectivity index (χ2v) is 13.8. The van der Waals surface area contributed by atoms with Crippen LogP contribution in [0.3, 0.4) is 0 Å². The lowest BCUT2D eigenvalue weighted by Gasteiger charge is -2.65. The molecule has 0 spiro atoms. The maximum atomic E-state index is 6.58. The van der Waals surface area contributed by atoms with Gasteiger partial charge in [0.05, 0.1) is 23.4 Å². The van der Waals surface area contributed by atoms with E-state index in [1.807, 2.05) is 24.5 Å². The van der Waals surface area contributed by atoms with E-state index in [0.717, 1.165) is 52.4 Å². The average Bonchev–Trinajstić information content (AvgIpc) is 3.52. The molecule has 0 amide bonds. The third-order valence-corrected chi connectivity index (χ3v) is 10.0. The molecular weight excluding hydrogens is 542 g/mol. The van der Waals surface area contributed by atoms with Gasteiger partial charge in [-0.2, -0.15) is 0 Å². The Morgan fingerprint density at radius 3 is 2.39 bits per heavy atom. The topological polar surface area (TPSA) is 46.4 Å². The number of pyridine rings is 2. The fraction of sp³-hybridized carbons (Fsp3) is 0.263. The molecule has 0 radical (unpaired) electrons. The predicted molar refractivity (Wildman–Crippen MR) is 178 cm³/mol. The molecule has 3 aliphatic carbocycles. The Kier molecular flexibility index (Phi) is 5.29. The summed E-state index contributed by atoms with van der Waals surface area (Å²) in [6.45, 7) is 7.54. The Morgan fingerprint density at radius 2 is 1.57 bits per heavy atom. The van der Waals surface area contributed by atoms with Crippen molar-refractivity contribution in [3.05, 3.63) is 109 Å². The second-order valence-electron chi connectivity index (χ2n) is 13.8. The van der Waals surface area contributed by atoms with E-state index in [-0.39, 0.29) is 5.41 Å². The fourth-order valence-electron chi connectivity index (χ4n) is 7.57. The molecule has 0 atom stereocenters. The molecule has 2 bridgehead atoms. The molecule has 3 fully saturated rings. The molecule has 4 aliphatic rings. The number of benzene rings is 3. The summed E-state index contributed by atoms with van der Waals surface area (Å²) in [5, 5.41) is 2.38. The molecule has 0 N–H and O–H groups in total. The monoisotopic (exact) mass is 577 g/mol. The fourth-order valence-corrected chi connectivity index (χ4v) is 7.57. The summed E-state index contributed by atoms with van der Waals surface area (Å²) >= 11 is 0. The Bertz CT molecular complexity index is 2070. The molecule has 1 aliphatic heterocycles. The third-order valence-electron chi connectivity index (χ3n) is 10.0. The van der Waals surface area contributed by atoms with E-state index in [1.165, 1.54) is 41.3 Å². The standard InChI is InChI=1S/C38H35N5O/c1-37(2,3)26-15-17-39-35(18-26)43-32-11-5-4-10-30(32)31-14-13-29(20-34(31)43)44-28-9-6-8-27(19-28)41-24-42(38-21-25(22-38)23-38)36-33(41)12-7-16-40-36/h4-20,25H,21-24H2,1-3H3. The van der Waals surface area contributed by atoms with E-state index < -0.39 is 0 Å². The zero-order valence-corrected chi connectivity index (χ0v) is 25.4. The second kappa shape index (κ2) is 9.08. The van der Waals surface area contributed by atoms with E-state index in [2.05, 4.69) is 114 Å². The molecule has 6 heteroatoms. The summed E-state index contributed by atoms with van der Waals surface area (Å²) in [6.07, 6.45) is 7.74. The summed E-state index contributed by atoms with van der Waals surface area (Å²) in [7, 11) is 0. The van der Waals surface area contributed by atoms with Gasteiger partial charge in [-0.25, -0.2) is 9.97 Å².